The lowest BCUT2D eigenvalue weighted by Gasteiger charge is -2.33. The van der Waals surface area contributed by atoms with Crippen molar-refractivity contribution in [3.63, 3.8) is 0 Å². The third-order valence-electron chi connectivity index (χ3n) is 5.02. The first-order chi connectivity index (χ1) is 11.8. The number of carbonyl (C=O) groups is 1. The Labute approximate surface area is 145 Å². The molecule has 1 amide bonds. The molecule has 2 aromatic heterocycles. The quantitative estimate of drug-likeness (QED) is 0.884. The molecular formula is C17H23N5OS. The second-order valence-corrected chi connectivity index (χ2v) is 7.55. The van der Waals surface area contributed by atoms with Crippen LogP contribution in [0.4, 0.5) is 5.82 Å². The predicted molar refractivity (Wildman–Crippen MR) is 96.4 cm³/mol. The Balaban J connectivity index is 1.41. The number of thiophene rings is 1. The van der Waals surface area contributed by atoms with E-state index in [1.165, 1.54) is 6.42 Å². The average Bonchev–Trinajstić information content (AvgIpc) is 3.30. The maximum Gasteiger partial charge on any atom is 0.224 e. The van der Waals surface area contributed by atoms with Crippen molar-refractivity contribution in [3.05, 3.63) is 17.8 Å². The Morgan fingerprint density at radius 2 is 2.33 bits per heavy atom. The van der Waals surface area contributed by atoms with Gasteiger partial charge in [0.1, 0.15) is 17.0 Å². The fourth-order valence-corrected chi connectivity index (χ4v) is 4.44. The van der Waals surface area contributed by atoms with E-state index in [0.29, 0.717) is 6.04 Å². The van der Waals surface area contributed by atoms with Gasteiger partial charge in [-0.2, -0.15) is 0 Å². The number of piperidine rings is 1. The zero-order valence-corrected chi connectivity index (χ0v) is 14.5. The number of hydrogen-bond donors (Lipinski definition) is 2. The van der Waals surface area contributed by atoms with Gasteiger partial charge >= 0.3 is 0 Å². The van der Waals surface area contributed by atoms with Crippen molar-refractivity contribution >= 4 is 33.3 Å². The highest BCUT2D eigenvalue weighted by molar-refractivity contribution is 7.16. The van der Waals surface area contributed by atoms with Gasteiger partial charge in [0, 0.05) is 25.7 Å². The van der Waals surface area contributed by atoms with E-state index in [2.05, 4.69) is 31.6 Å². The minimum Gasteiger partial charge on any atom is -0.355 e. The number of nitrogens with one attached hydrogen (secondary N) is 2. The lowest BCUT2D eigenvalue weighted by molar-refractivity contribution is -0.125. The lowest BCUT2D eigenvalue weighted by atomic mass is 9.97. The Bertz CT molecular complexity index is 712. The van der Waals surface area contributed by atoms with Crippen LogP contribution in [0.15, 0.2) is 17.8 Å². The summed E-state index contributed by atoms with van der Waals surface area (Å²) in [6.45, 7) is 3.52. The molecule has 6 nitrogen and oxygen atoms in total. The molecule has 2 aliphatic rings. The van der Waals surface area contributed by atoms with Gasteiger partial charge < -0.3 is 15.5 Å². The first kappa shape index (κ1) is 15.8. The van der Waals surface area contributed by atoms with Gasteiger partial charge in [0.2, 0.25) is 5.91 Å². The highest BCUT2D eigenvalue weighted by Crippen LogP contribution is 2.29. The molecule has 128 valence electrons. The average molecular weight is 345 g/mol. The predicted octanol–water partition coefficient (Wildman–Crippen LogP) is 1.78. The number of anilines is 1. The highest BCUT2D eigenvalue weighted by atomic mass is 32.1. The van der Waals surface area contributed by atoms with Crippen LogP contribution >= 0.6 is 11.3 Å². The van der Waals surface area contributed by atoms with E-state index in [1.54, 1.807) is 17.7 Å². The third kappa shape index (κ3) is 3.23. The van der Waals surface area contributed by atoms with E-state index >= 15 is 0 Å². The van der Waals surface area contributed by atoms with Gasteiger partial charge in [-0.15, -0.1) is 11.3 Å². The Morgan fingerprint density at radius 3 is 3.21 bits per heavy atom. The van der Waals surface area contributed by atoms with Crippen LogP contribution < -0.4 is 15.5 Å². The molecule has 0 aromatic carbocycles. The van der Waals surface area contributed by atoms with Crippen molar-refractivity contribution in [2.45, 2.75) is 31.7 Å². The van der Waals surface area contributed by atoms with E-state index in [0.717, 1.165) is 61.5 Å². The molecule has 0 aliphatic carbocycles. The molecule has 2 aliphatic heterocycles. The van der Waals surface area contributed by atoms with Gasteiger partial charge in [0.05, 0.1) is 11.3 Å². The zero-order valence-electron chi connectivity index (χ0n) is 13.7. The Hall–Kier alpha value is -1.73. The summed E-state index contributed by atoms with van der Waals surface area (Å²) in [5, 5.41) is 9.71. The van der Waals surface area contributed by atoms with Crippen LogP contribution in [0.2, 0.25) is 0 Å². The summed E-state index contributed by atoms with van der Waals surface area (Å²) < 4.78 is 0. The molecule has 2 N–H and O–H groups in total. The smallest absolute Gasteiger partial charge is 0.224 e. The third-order valence-corrected chi connectivity index (χ3v) is 5.84. The fourth-order valence-electron chi connectivity index (χ4n) is 3.71. The monoisotopic (exact) mass is 345 g/mol. The van der Waals surface area contributed by atoms with E-state index in [4.69, 9.17) is 0 Å². The maximum atomic E-state index is 12.5. The number of aromatic nitrogens is 2. The SMILES string of the molecule is O=C(NCC1CCCN1)C1CCCN(c2ncnc3sccc23)C1. The number of carbonyl (C=O) groups excluding carboxylic acids is 1. The second kappa shape index (κ2) is 7.03. The first-order valence-electron chi connectivity index (χ1n) is 8.75. The zero-order chi connectivity index (χ0) is 16.4. The van der Waals surface area contributed by atoms with Gasteiger partial charge in [0.15, 0.2) is 0 Å². The number of rotatable bonds is 4. The molecule has 7 heteroatoms. The molecule has 2 unspecified atom stereocenters. The van der Waals surface area contributed by atoms with Crippen molar-refractivity contribution in [2.24, 2.45) is 5.92 Å². The van der Waals surface area contributed by atoms with Crippen molar-refractivity contribution in [2.75, 3.05) is 31.1 Å². The molecule has 2 saturated heterocycles. The summed E-state index contributed by atoms with van der Waals surface area (Å²) >= 11 is 1.63. The van der Waals surface area contributed by atoms with Crippen LogP contribution in [-0.4, -0.2) is 48.1 Å². The lowest BCUT2D eigenvalue weighted by Crippen LogP contribution is -2.46. The van der Waals surface area contributed by atoms with Crippen molar-refractivity contribution < 1.29 is 4.79 Å². The highest BCUT2D eigenvalue weighted by Gasteiger charge is 2.28. The minimum atomic E-state index is 0.0452. The maximum absolute atomic E-state index is 12.5. The number of amides is 1. The Morgan fingerprint density at radius 1 is 1.38 bits per heavy atom. The topological polar surface area (TPSA) is 70.2 Å². The van der Waals surface area contributed by atoms with Crippen molar-refractivity contribution in [1.29, 1.82) is 0 Å². The molecular weight excluding hydrogens is 322 g/mol. The molecule has 0 spiro atoms. The first-order valence-corrected chi connectivity index (χ1v) is 9.63. The van der Waals surface area contributed by atoms with Gasteiger partial charge in [-0.1, -0.05) is 0 Å². The number of fused-ring (bicyclic) bond motifs is 1. The van der Waals surface area contributed by atoms with Gasteiger partial charge in [-0.25, -0.2) is 9.97 Å². The van der Waals surface area contributed by atoms with E-state index in [-0.39, 0.29) is 11.8 Å². The summed E-state index contributed by atoms with van der Waals surface area (Å²) in [5.74, 6) is 1.20. The summed E-state index contributed by atoms with van der Waals surface area (Å²) in [6, 6.07) is 2.52. The molecule has 0 saturated carbocycles. The molecule has 2 fully saturated rings. The summed E-state index contributed by atoms with van der Waals surface area (Å²) in [7, 11) is 0. The molecule has 0 bridgehead atoms. The number of nitrogens with zero attached hydrogens (tertiary/aromatic N) is 3. The van der Waals surface area contributed by atoms with Crippen molar-refractivity contribution in [1.82, 2.24) is 20.6 Å². The normalized spacial score (nSPS) is 24.4. The summed E-state index contributed by atoms with van der Waals surface area (Å²) in [6.07, 6.45) is 5.98. The minimum absolute atomic E-state index is 0.0452. The number of hydrogen-bond acceptors (Lipinski definition) is 6. The van der Waals surface area contributed by atoms with Crippen LogP contribution in [0.25, 0.3) is 10.2 Å². The van der Waals surface area contributed by atoms with Crippen LogP contribution in [0.1, 0.15) is 25.7 Å². The van der Waals surface area contributed by atoms with E-state index in [1.807, 2.05) is 5.38 Å². The Kier molecular flexibility index (Phi) is 4.62. The summed E-state index contributed by atoms with van der Waals surface area (Å²) in [4.78, 5) is 24.6. The summed E-state index contributed by atoms with van der Waals surface area (Å²) in [5.41, 5.74) is 0. The molecule has 24 heavy (non-hydrogen) atoms. The van der Waals surface area contributed by atoms with E-state index in [9.17, 15) is 4.79 Å². The second-order valence-electron chi connectivity index (χ2n) is 6.66. The van der Waals surface area contributed by atoms with Gasteiger partial charge in [-0.05, 0) is 43.7 Å². The van der Waals surface area contributed by atoms with Crippen LogP contribution in [0, 0.1) is 5.92 Å². The van der Waals surface area contributed by atoms with E-state index < -0.39 is 0 Å². The standard InChI is InChI=1S/C17H23N5OS/c23-16(19-9-13-4-1-6-18-13)12-3-2-7-22(10-12)15-14-5-8-24-17(14)21-11-20-15/h5,8,11-13,18H,1-4,6-7,9-10H2,(H,19,23). The molecule has 4 heterocycles. The molecule has 4 rings (SSSR count). The van der Waals surface area contributed by atoms with Gasteiger partial charge in [-0.3, -0.25) is 4.79 Å². The molecule has 2 atom stereocenters. The largest absolute Gasteiger partial charge is 0.355 e. The fraction of sp³-hybridized carbons (Fsp3) is 0.588. The van der Waals surface area contributed by atoms with Crippen molar-refractivity contribution in [3.8, 4) is 0 Å². The molecule has 2 aromatic rings. The van der Waals surface area contributed by atoms with Crippen LogP contribution in [-0.2, 0) is 4.79 Å². The molecule has 0 radical (unpaired) electrons. The van der Waals surface area contributed by atoms with Crippen LogP contribution in [0.5, 0.6) is 0 Å². The van der Waals surface area contributed by atoms with Crippen LogP contribution in [0.3, 0.4) is 0 Å². The van der Waals surface area contributed by atoms with Gasteiger partial charge in [0.25, 0.3) is 0 Å².